The Morgan fingerprint density at radius 2 is 2.12 bits per heavy atom. The molecule has 17 heavy (non-hydrogen) atoms. The second-order valence-corrected chi connectivity index (χ2v) is 6.94. The number of thiazole rings is 1. The molecule has 0 amide bonds. The summed E-state index contributed by atoms with van der Waals surface area (Å²) in [5.74, 6) is 0. The van der Waals surface area contributed by atoms with Crippen LogP contribution in [0.4, 0.5) is 0 Å². The zero-order valence-corrected chi connectivity index (χ0v) is 12.3. The first-order valence-electron chi connectivity index (χ1n) is 6.33. The van der Waals surface area contributed by atoms with Gasteiger partial charge < -0.3 is 5.32 Å². The van der Waals surface area contributed by atoms with E-state index in [1.54, 1.807) is 0 Å². The van der Waals surface area contributed by atoms with Crippen molar-refractivity contribution in [2.24, 2.45) is 0 Å². The van der Waals surface area contributed by atoms with Crippen molar-refractivity contribution in [1.29, 1.82) is 0 Å². The van der Waals surface area contributed by atoms with Gasteiger partial charge in [0.25, 0.3) is 0 Å². The number of hydrogen-bond donors (Lipinski definition) is 1. The van der Waals surface area contributed by atoms with Crippen LogP contribution in [0, 0.1) is 13.8 Å². The van der Waals surface area contributed by atoms with Crippen LogP contribution >= 0.6 is 11.3 Å². The lowest BCUT2D eigenvalue weighted by Gasteiger charge is -2.46. The maximum Gasteiger partial charge on any atom is 0.0900 e. The molecule has 2 heterocycles. The third-order valence-electron chi connectivity index (χ3n) is 3.67. The van der Waals surface area contributed by atoms with Crippen LogP contribution in [0.1, 0.15) is 42.4 Å². The van der Waals surface area contributed by atoms with E-state index in [1.807, 2.05) is 11.3 Å². The summed E-state index contributed by atoms with van der Waals surface area (Å²) in [5.41, 5.74) is 1.48. The summed E-state index contributed by atoms with van der Waals surface area (Å²) >= 11 is 1.81. The molecule has 2 rings (SSSR count). The number of aromatic nitrogens is 1. The number of nitrogens with zero attached hydrogens (tertiary/aromatic N) is 2. The van der Waals surface area contributed by atoms with E-state index in [2.05, 4.69) is 44.8 Å². The maximum absolute atomic E-state index is 4.71. The average Bonchev–Trinajstić information content (AvgIpc) is 2.56. The summed E-state index contributed by atoms with van der Waals surface area (Å²) in [5, 5.41) is 4.65. The molecule has 3 nitrogen and oxygen atoms in total. The third-order valence-corrected chi connectivity index (χ3v) is 4.57. The summed E-state index contributed by atoms with van der Waals surface area (Å²) in [7, 11) is 0. The predicted octanol–water partition coefficient (Wildman–Crippen LogP) is 2.50. The van der Waals surface area contributed by atoms with E-state index in [1.165, 1.54) is 15.6 Å². The highest BCUT2D eigenvalue weighted by Crippen LogP contribution is 2.32. The molecule has 0 saturated carbocycles. The fourth-order valence-electron chi connectivity index (χ4n) is 2.80. The smallest absolute Gasteiger partial charge is 0.0900 e. The number of nitrogens with one attached hydrogen (secondary N) is 1. The Morgan fingerprint density at radius 3 is 2.65 bits per heavy atom. The van der Waals surface area contributed by atoms with Crippen molar-refractivity contribution < 1.29 is 0 Å². The summed E-state index contributed by atoms with van der Waals surface area (Å²) < 4.78 is 0. The summed E-state index contributed by atoms with van der Waals surface area (Å²) in [6.07, 6.45) is 0. The minimum atomic E-state index is 0.210. The van der Waals surface area contributed by atoms with Crippen molar-refractivity contribution in [1.82, 2.24) is 15.2 Å². The van der Waals surface area contributed by atoms with E-state index in [0.29, 0.717) is 6.04 Å². The Bertz CT molecular complexity index is 397. The predicted molar refractivity (Wildman–Crippen MR) is 73.7 cm³/mol. The Hall–Kier alpha value is -0.450. The van der Waals surface area contributed by atoms with Gasteiger partial charge >= 0.3 is 0 Å². The van der Waals surface area contributed by atoms with Crippen molar-refractivity contribution in [3.63, 3.8) is 0 Å². The molecular weight excluding hydrogens is 230 g/mol. The van der Waals surface area contributed by atoms with Crippen molar-refractivity contribution in [2.75, 3.05) is 19.6 Å². The van der Waals surface area contributed by atoms with E-state index in [4.69, 9.17) is 4.98 Å². The molecule has 1 atom stereocenters. The summed E-state index contributed by atoms with van der Waals surface area (Å²) in [4.78, 5) is 8.65. The van der Waals surface area contributed by atoms with Gasteiger partial charge in [0.05, 0.1) is 16.7 Å². The van der Waals surface area contributed by atoms with Crippen molar-refractivity contribution in [2.45, 2.75) is 46.2 Å². The Balaban J connectivity index is 2.24. The molecule has 1 aliphatic heterocycles. The van der Waals surface area contributed by atoms with E-state index >= 15 is 0 Å². The minimum absolute atomic E-state index is 0.210. The van der Waals surface area contributed by atoms with E-state index in [0.717, 1.165) is 19.6 Å². The molecule has 1 fully saturated rings. The molecule has 1 unspecified atom stereocenters. The lowest BCUT2D eigenvalue weighted by atomic mass is 9.96. The Morgan fingerprint density at radius 1 is 1.41 bits per heavy atom. The van der Waals surface area contributed by atoms with Crippen LogP contribution in [0.3, 0.4) is 0 Å². The number of hydrogen-bond acceptors (Lipinski definition) is 4. The van der Waals surface area contributed by atoms with Gasteiger partial charge in [0, 0.05) is 30.1 Å². The Kier molecular flexibility index (Phi) is 3.57. The molecule has 0 radical (unpaired) electrons. The lowest BCUT2D eigenvalue weighted by molar-refractivity contribution is 0.0499. The third kappa shape index (κ3) is 2.54. The fraction of sp³-hybridized carbons (Fsp3) is 0.769. The number of aryl methyl sites for hydroxylation is 2. The molecule has 0 spiro atoms. The first-order chi connectivity index (χ1) is 7.92. The molecule has 1 aromatic heterocycles. The van der Waals surface area contributed by atoms with Crippen LogP contribution in [-0.2, 0) is 0 Å². The van der Waals surface area contributed by atoms with Crippen LogP contribution in [0.15, 0.2) is 0 Å². The number of piperazine rings is 1. The van der Waals surface area contributed by atoms with Gasteiger partial charge in [-0.15, -0.1) is 11.3 Å². The first-order valence-corrected chi connectivity index (χ1v) is 7.15. The van der Waals surface area contributed by atoms with Crippen molar-refractivity contribution in [3.8, 4) is 0 Å². The molecule has 1 saturated heterocycles. The largest absolute Gasteiger partial charge is 0.314 e. The zero-order chi connectivity index (χ0) is 12.6. The summed E-state index contributed by atoms with van der Waals surface area (Å²) in [6, 6.07) is 0.414. The van der Waals surface area contributed by atoms with E-state index < -0.39 is 0 Å². The van der Waals surface area contributed by atoms with Gasteiger partial charge in [-0.05, 0) is 34.6 Å². The molecule has 1 aromatic rings. The topological polar surface area (TPSA) is 28.2 Å². The van der Waals surface area contributed by atoms with Gasteiger partial charge in [0.1, 0.15) is 0 Å². The van der Waals surface area contributed by atoms with Crippen LogP contribution in [0.5, 0.6) is 0 Å². The molecule has 1 aliphatic rings. The van der Waals surface area contributed by atoms with Gasteiger partial charge in [-0.1, -0.05) is 0 Å². The zero-order valence-electron chi connectivity index (χ0n) is 11.5. The molecular formula is C13H23N3S. The molecule has 4 heteroatoms. The van der Waals surface area contributed by atoms with Crippen LogP contribution in [0.25, 0.3) is 0 Å². The second kappa shape index (κ2) is 4.67. The van der Waals surface area contributed by atoms with E-state index in [-0.39, 0.29) is 5.54 Å². The van der Waals surface area contributed by atoms with Crippen LogP contribution < -0.4 is 5.32 Å². The lowest BCUT2D eigenvalue weighted by Crippen LogP contribution is -2.58. The van der Waals surface area contributed by atoms with E-state index in [9.17, 15) is 0 Å². The maximum atomic E-state index is 4.71. The molecule has 1 N–H and O–H groups in total. The normalized spacial score (nSPS) is 22.6. The number of rotatable bonds is 2. The Labute approximate surface area is 108 Å². The van der Waals surface area contributed by atoms with Gasteiger partial charge in [-0.2, -0.15) is 0 Å². The SMILES string of the molecule is Cc1nc(C(C)N2CCNCC2(C)C)c(C)s1. The standard InChI is InChI=1S/C13H23N3S/c1-9(12-10(2)17-11(3)15-12)16-7-6-14-8-13(16,4)5/h9,14H,6-8H2,1-5H3. The second-order valence-electron chi connectivity index (χ2n) is 5.53. The quantitative estimate of drug-likeness (QED) is 0.878. The van der Waals surface area contributed by atoms with Gasteiger partial charge in [0.15, 0.2) is 0 Å². The van der Waals surface area contributed by atoms with Gasteiger partial charge in [0.2, 0.25) is 0 Å². The van der Waals surface area contributed by atoms with Crippen molar-refractivity contribution in [3.05, 3.63) is 15.6 Å². The fourth-order valence-corrected chi connectivity index (χ4v) is 3.70. The molecule has 96 valence electrons. The highest BCUT2D eigenvalue weighted by Gasteiger charge is 2.34. The highest BCUT2D eigenvalue weighted by atomic mass is 32.1. The van der Waals surface area contributed by atoms with Crippen molar-refractivity contribution >= 4 is 11.3 Å². The molecule has 0 aliphatic carbocycles. The van der Waals surface area contributed by atoms with Gasteiger partial charge in [-0.25, -0.2) is 4.98 Å². The first kappa shape index (κ1) is 13.0. The molecule has 0 aromatic carbocycles. The van der Waals surface area contributed by atoms with Crippen LogP contribution in [-0.4, -0.2) is 35.1 Å². The minimum Gasteiger partial charge on any atom is -0.314 e. The highest BCUT2D eigenvalue weighted by molar-refractivity contribution is 7.11. The van der Waals surface area contributed by atoms with Gasteiger partial charge in [-0.3, -0.25) is 4.90 Å². The monoisotopic (exact) mass is 253 g/mol. The summed E-state index contributed by atoms with van der Waals surface area (Å²) in [6.45, 7) is 14.4. The van der Waals surface area contributed by atoms with Crippen LogP contribution in [0.2, 0.25) is 0 Å². The molecule has 0 bridgehead atoms. The average molecular weight is 253 g/mol.